The van der Waals surface area contributed by atoms with Gasteiger partial charge < -0.3 is 15.4 Å². The predicted octanol–water partition coefficient (Wildman–Crippen LogP) is 3.46. The van der Waals surface area contributed by atoms with Crippen molar-refractivity contribution in [1.29, 1.82) is 0 Å². The molecular weight excluding hydrogens is 372 g/mol. The van der Waals surface area contributed by atoms with Gasteiger partial charge in [0.05, 0.1) is 18.2 Å². The summed E-state index contributed by atoms with van der Waals surface area (Å²) in [6, 6.07) is 13.2. The first kappa shape index (κ1) is 19.7. The summed E-state index contributed by atoms with van der Waals surface area (Å²) >= 11 is 0. The van der Waals surface area contributed by atoms with E-state index in [4.69, 9.17) is 0 Å². The Morgan fingerprint density at radius 2 is 1.34 bits per heavy atom. The molecule has 0 aliphatic heterocycles. The average molecular weight is 390 g/mol. The molecule has 1 amide bonds. The lowest BCUT2D eigenvalue weighted by Crippen LogP contribution is -2.13. The molecule has 3 aromatic rings. The normalized spacial score (nSPS) is 10.1. The van der Waals surface area contributed by atoms with Gasteiger partial charge in [-0.1, -0.05) is 0 Å². The summed E-state index contributed by atoms with van der Waals surface area (Å²) in [6.45, 7) is 1.48. The summed E-state index contributed by atoms with van der Waals surface area (Å²) in [5.74, 6) is -0.522. The molecule has 146 valence electrons. The molecule has 0 fully saturated rings. The van der Waals surface area contributed by atoms with Gasteiger partial charge in [0.1, 0.15) is 0 Å². The van der Waals surface area contributed by atoms with Crippen LogP contribution in [0.2, 0.25) is 0 Å². The number of carbonyl (C=O) groups excluding carboxylic acids is 3. The van der Waals surface area contributed by atoms with Crippen LogP contribution in [0.5, 0.6) is 0 Å². The van der Waals surface area contributed by atoms with Gasteiger partial charge in [-0.05, 0) is 55.5 Å². The molecule has 2 aromatic carbocycles. The monoisotopic (exact) mass is 390 g/mol. The predicted molar refractivity (Wildman–Crippen MR) is 107 cm³/mol. The molecule has 2 N–H and O–H groups in total. The van der Waals surface area contributed by atoms with Gasteiger partial charge in [-0.25, -0.2) is 14.8 Å². The molecule has 0 aliphatic rings. The number of anilines is 3. The average Bonchev–Trinajstić information content (AvgIpc) is 2.74. The second-order valence-corrected chi connectivity index (χ2v) is 6.08. The van der Waals surface area contributed by atoms with Gasteiger partial charge in [0.15, 0.2) is 5.78 Å². The molecular formula is C21H18N4O4. The number of benzene rings is 2. The number of aromatic nitrogens is 2. The lowest BCUT2D eigenvalue weighted by Gasteiger charge is -2.07. The minimum atomic E-state index is -0.418. The van der Waals surface area contributed by atoms with Crippen molar-refractivity contribution in [2.24, 2.45) is 0 Å². The number of amides is 1. The Morgan fingerprint density at radius 1 is 0.793 bits per heavy atom. The number of carbonyl (C=O) groups is 3. The first-order chi connectivity index (χ1) is 14.0. The maximum Gasteiger partial charge on any atom is 0.337 e. The second kappa shape index (κ2) is 8.75. The highest BCUT2D eigenvalue weighted by atomic mass is 16.5. The highest BCUT2D eigenvalue weighted by Crippen LogP contribution is 2.15. The molecule has 1 aromatic heterocycles. The SMILES string of the molecule is COC(=O)c1ccc(Nc2ncc(C(=O)Nc3ccc(C(C)=O)cc3)cn2)cc1. The van der Waals surface area contributed by atoms with Crippen molar-refractivity contribution >= 4 is 35.0 Å². The van der Waals surface area contributed by atoms with E-state index in [9.17, 15) is 14.4 Å². The summed E-state index contributed by atoms with van der Waals surface area (Å²) in [5.41, 5.74) is 2.53. The number of hydrogen-bond donors (Lipinski definition) is 2. The maximum absolute atomic E-state index is 12.3. The van der Waals surface area contributed by atoms with Crippen molar-refractivity contribution in [1.82, 2.24) is 9.97 Å². The number of Topliss-reactive ketones (excluding diaryl/α,β-unsaturated/α-hetero) is 1. The van der Waals surface area contributed by atoms with Crippen LogP contribution in [0.4, 0.5) is 17.3 Å². The Balaban J connectivity index is 1.62. The van der Waals surface area contributed by atoms with Gasteiger partial charge in [-0.15, -0.1) is 0 Å². The third-order valence-corrected chi connectivity index (χ3v) is 4.03. The zero-order valence-corrected chi connectivity index (χ0v) is 15.8. The number of hydrogen-bond acceptors (Lipinski definition) is 7. The molecule has 0 saturated heterocycles. The third-order valence-electron chi connectivity index (χ3n) is 4.03. The van der Waals surface area contributed by atoms with E-state index >= 15 is 0 Å². The van der Waals surface area contributed by atoms with Crippen LogP contribution in [-0.2, 0) is 4.74 Å². The van der Waals surface area contributed by atoms with Crippen LogP contribution in [0, 0.1) is 0 Å². The number of methoxy groups -OCH3 is 1. The lowest BCUT2D eigenvalue weighted by molar-refractivity contribution is 0.0600. The Kier molecular flexibility index (Phi) is 5.94. The van der Waals surface area contributed by atoms with Crippen LogP contribution in [0.3, 0.4) is 0 Å². The van der Waals surface area contributed by atoms with Crippen molar-refractivity contribution in [3.8, 4) is 0 Å². The van der Waals surface area contributed by atoms with E-state index in [2.05, 4.69) is 25.3 Å². The largest absolute Gasteiger partial charge is 0.465 e. The molecule has 0 atom stereocenters. The highest BCUT2D eigenvalue weighted by molar-refractivity contribution is 6.04. The van der Waals surface area contributed by atoms with E-state index in [1.807, 2.05) is 0 Å². The Hall–Kier alpha value is -4.07. The fourth-order valence-electron chi connectivity index (χ4n) is 2.44. The van der Waals surface area contributed by atoms with Crippen LogP contribution in [-0.4, -0.2) is 34.7 Å². The van der Waals surface area contributed by atoms with Gasteiger partial charge in [-0.3, -0.25) is 9.59 Å². The van der Waals surface area contributed by atoms with Crippen LogP contribution < -0.4 is 10.6 Å². The zero-order valence-electron chi connectivity index (χ0n) is 15.8. The van der Waals surface area contributed by atoms with Gasteiger partial charge in [0.25, 0.3) is 5.91 Å². The minimum Gasteiger partial charge on any atom is -0.465 e. The van der Waals surface area contributed by atoms with Crippen molar-refractivity contribution in [2.45, 2.75) is 6.92 Å². The molecule has 0 radical (unpaired) electrons. The first-order valence-corrected chi connectivity index (χ1v) is 8.66. The van der Waals surface area contributed by atoms with Crippen LogP contribution in [0.15, 0.2) is 60.9 Å². The molecule has 0 spiro atoms. The van der Waals surface area contributed by atoms with Crippen LogP contribution in [0.25, 0.3) is 0 Å². The number of nitrogens with one attached hydrogen (secondary N) is 2. The molecule has 8 nitrogen and oxygen atoms in total. The molecule has 0 bridgehead atoms. The summed E-state index contributed by atoms with van der Waals surface area (Å²) in [5, 5.41) is 5.70. The Labute approximate surface area is 167 Å². The van der Waals surface area contributed by atoms with Crippen molar-refractivity contribution < 1.29 is 19.1 Å². The van der Waals surface area contributed by atoms with E-state index in [0.717, 1.165) is 0 Å². The van der Waals surface area contributed by atoms with E-state index in [1.54, 1.807) is 48.5 Å². The number of ether oxygens (including phenoxy) is 1. The minimum absolute atomic E-state index is 0.0423. The quantitative estimate of drug-likeness (QED) is 0.490. The molecule has 29 heavy (non-hydrogen) atoms. The molecule has 1 heterocycles. The topological polar surface area (TPSA) is 110 Å². The van der Waals surface area contributed by atoms with E-state index in [1.165, 1.54) is 26.4 Å². The summed E-state index contributed by atoms with van der Waals surface area (Å²) in [6.07, 6.45) is 2.80. The van der Waals surface area contributed by atoms with E-state index in [0.29, 0.717) is 28.5 Å². The number of rotatable bonds is 6. The van der Waals surface area contributed by atoms with Gasteiger partial charge in [0.2, 0.25) is 5.95 Å². The highest BCUT2D eigenvalue weighted by Gasteiger charge is 2.09. The van der Waals surface area contributed by atoms with Gasteiger partial charge in [0, 0.05) is 29.3 Å². The Morgan fingerprint density at radius 3 is 1.90 bits per heavy atom. The standard InChI is InChI=1S/C21H18N4O4/c1-13(26)14-3-7-17(8-4-14)24-19(27)16-11-22-21(23-12-16)25-18-9-5-15(6-10-18)20(28)29-2/h3-12H,1-2H3,(H,24,27)(H,22,23,25). The summed E-state index contributed by atoms with van der Waals surface area (Å²) in [4.78, 5) is 43.3. The molecule has 0 aliphatic carbocycles. The fraction of sp³-hybridized carbons (Fsp3) is 0.0952. The molecule has 3 rings (SSSR count). The smallest absolute Gasteiger partial charge is 0.337 e. The number of esters is 1. The van der Waals surface area contributed by atoms with Crippen molar-refractivity contribution in [2.75, 3.05) is 17.7 Å². The van der Waals surface area contributed by atoms with E-state index < -0.39 is 5.97 Å². The Bertz CT molecular complexity index is 1030. The molecule has 0 saturated carbocycles. The number of nitrogens with zero attached hydrogens (tertiary/aromatic N) is 2. The van der Waals surface area contributed by atoms with Crippen LogP contribution >= 0.6 is 0 Å². The van der Waals surface area contributed by atoms with Crippen molar-refractivity contribution in [3.63, 3.8) is 0 Å². The lowest BCUT2D eigenvalue weighted by atomic mass is 10.1. The first-order valence-electron chi connectivity index (χ1n) is 8.66. The maximum atomic E-state index is 12.3. The number of ketones is 1. The summed E-state index contributed by atoms with van der Waals surface area (Å²) in [7, 11) is 1.32. The van der Waals surface area contributed by atoms with Crippen molar-refractivity contribution in [3.05, 3.63) is 77.6 Å². The zero-order chi connectivity index (χ0) is 20.8. The van der Waals surface area contributed by atoms with Crippen LogP contribution in [0.1, 0.15) is 38.0 Å². The van der Waals surface area contributed by atoms with E-state index in [-0.39, 0.29) is 17.3 Å². The van der Waals surface area contributed by atoms with Gasteiger partial charge in [-0.2, -0.15) is 0 Å². The third kappa shape index (κ3) is 5.01. The fourth-order valence-corrected chi connectivity index (χ4v) is 2.44. The second-order valence-electron chi connectivity index (χ2n) is 6.08. The van der Waals surface area contributed by atoms with Gasteiger partial charge >= 0.3 is 5.97 Å². The molecule has 0 unspecified atom stereocenters. The molecule has 8 heteroatoms. The summed E-state index contributed by atoms with van der Waals surface area (Å²) < 4.78 is 4.65.